The summed E-state index contributed by atoms with van der Waals surface area (Å²) in [7, 11) is 1.56. The molecule has 2 heterocycles. The van der Waals surface area contributed by atoms with E-state index in [2.05, 4.69) is 0 Å². The number of nitrogens with zero attached hydrogens (tertiary/aromatic N) is 2. The molecule has 27 heavy (non-hydrogen) atoms. The summed E-state index contributed by atoms with van der Waals surface area (Å²) in [5, 5.41) is 10.7. The van der Waals surface area contributed by atoms with E-state index < -0.39 is 4.92 Å². The number of carbonyl (C=O) groups excluding carboxylic acids is 1. The zero-order valence-corrected chi connectivity index (χ0v) is 14.7. The number of benzene rings is 1. The van der Waals surface area contributed by atoms with Crippen LogP contribution in [0, 0.1) is 10.1 Å². The Morgan fingerprint density at radius 3 is 2.59 bits per heavy atom. The van der Waals surface area contributed by atoms with Gasteiger partial charge in [0.15, 0.2) is 5.76 Å². The summed E-state index contributed by atoms with van der Waals surface area (Å²) in [5.74, 6) is 0.988. The molecule has 140 valence electrons. The van der Waals surface area contributed by atoms with E-state index in [1.807, 2.05) is 0 Å². The molecule has 0 saturated heterocycles. The minimum atomic E-state index is -0.469. The summed E-state index contributed by atoms with van der Waals surface area (Å²) >= 11 is 0. The highest BCUT2D eigenvalue weighted by Crippen LogP contribution is 2.25. The first kappa shape index (κ1) is 18.4. The summed E-state index contributed by atoms with van der Waals surface area (Å²) in [5.41, 5.74) is 0.639. The Labute approximate surface area is 155 Å². The summed E-state index contributed by atoms with van der Waals surface area (Å²) in [6, 6.07) is 12.7. The fourth-order valence-electron chi connectivity index (χ4n) is 2.56. The summed E-state index contributed by atoms with van der Waals surface area (Å²) < 4.78 is 16.1. The molecule has 0 aliphatic rings. The lowest BCUT2D eigenvalue weighted by Crippen LogP contribution is -2.33. The van der Waals surface area contributed by atoms with Gasteiger partial charge in [0, 0.05) is 31.4 Å². The molecule has 0 aliphatic heterocycles. The molecule has 0 atom stereocenters. The highest BCUT2D eigenvalue weighted by molar-refractivity contribution is 5.92. The second-order valence-electron chi connectivity index (χ2n) is 5.77. The molecule has 0 bridgehead atoms. The average Bonchev–Trinajstić information content (AvgIpc) is 3.36. The number of furan rings is 2. The van der Waals surface area contributed by atoms with Crippen LogP contribution in [0.3, 0.4) is 0 Å². The van der Waals surface area contributed by atoms with Crippen LogP contribution >= 0.6 is 0 Å². The number of non-ortho nitro benzene ring substituents is 1. The van der Waals surface area contributed by atoms with Gasteiger partial charge in [-0.05, 0) is 36.4 Å². The molecule has 1 aromatic carbocycles. The highest BCUT2D eigenvalue weighted by atomic mass is 16.6. The lowest BCUT2D eigenvalue weighted by molar-refractivity contribution is -0.384. The fourth-order valence-corrected chi connectivity index (χ4v) is 2.56. The molecule has 0 unspecified atom stereocenters. The van der Waals surface area contributed by atoms with Gasteiger partial charge >= 0.3 is 0 Å². The molecule has 0 N–H and O–H groups in total. The zero-order chi connectivity index (χ0) is 19.2. The van der Waals surface area contributed by atoms with E-state index in [4.69, 9.17) is 13.6 Å². The van der Waals surface area contributed by atoms with Crippen molar-refractivity contribution in [1.82, 2.24) is 4.90 Å². The van der Waals surface area contributed by atoms with Crippen LogP contribution in [0.25, 0.3) is 11.3 Å². The lowest BCUT2D eigenvalue weighted by Gasteiger charge is -2.20. The van der Waals surface area contributed by atoms with Gasteiger partial charge in [-0.15, -0.1) is 0 Å². The first-order valence-corrected chi connectivity index (χ1v) is 8.23. The Balaban J connectivity index is 1.77. The second-order valence-corrected chi connectivity index (χ2v) is 5.77. The predicted octanol–water partition coefficient (Wildman–Crippen LogP) is 3.74. The van der Waals surface area contributed by atoms with Gasteiger partial charge in [0.25, 0.3) is 11.6 Å². The monoisotopic (exact) mass is 370 g/mol. The van der Waals surface area contributed by atoms with Crippen molar-refractivity contribution in [1.29, 1.82) is 0 Å². The molecule has 2 aromatic heterocycles. The molecule has 8 heteroatoms. The van der Waals surface area contributed by atoms with E-state index in [0.717, 1.165) is 0 Å². The molecular formula is C19H18N2O6. The van der Waals surface area contributed by atoms with E-state index in [-0.39, 0.29) is 17.4 Å². The van der Waals surface area contributed by atoms with Crippen LogP contribution in [0.15, 0.2) is 63.6 Å². The van der Waals surface area contributed by atoms with Crippen LogP contribution in [-0.2, 0) is 11.3 Å². The van der Waals surface area contributed by atoms with Crippen molar-refractivity contribution < 1.29 is 23.3 Å². The molecule has 3 aromatic rings. The van der Waals surface area contributed by atoms with Crippen LogP contribution in [0.2, 0.25) is 0 Å². The Morgan fingerprint density at radius 2 is 1.96 bits per heavy atom. The number of amides is 1. The number of ether oxygens (including phenoxy) is 1. The van der Waals surface area contributed by atoms with Gasteiger partial charge < -0.3 is 18.5 Å². The number of nitro groups is 1. The molecule has 0 radical (unpaired) electrons. The standard InChI is InChI=1S/C19H18N2O6/c1-25-12-10-20(13-16-3-2-11-26-16)19(22)18-9-8-17(27-18)14-4-6-15(7-5-14)21(23)24/h2-9,11H,10,12-13H2,1H3. The SMILES string of the molecule is COCCN(Cc1ccco1)C(=O)c1ccc(-c2ccc([N+](=O)[O-])cc2)o1. The molecule has 0 saturated carbocycles. The Hall–Kier alpha value is -3.39. The van der Waals surface area contributed by atoms with Gasteiger partial charge in [-0.25, -0.2) is 0 Å². The maximum Gasteiger partial charge on any atom is 0.290 e. The van der Waals surface area contributed by atoms with Crippen molar-refractivity contribution in [3.8, 4) is 11.3 Å². The van der Waals surface area contributed by atoms with Crippen molar-refractivity contribution in [3.05, 3.63) is 76.4 Å². The van der Waals surface area contributed by atoms with Crippen molar-refractivity contribution in [2.45, 2.75) is 6.54 Å². The predicted molar refractivity (Wildman–Crippen MR) is 96.1 cm³/mol. The largest absolute Gasteiger partial charge is 0.467 e. The Morgan fingerprint density at radius 1 is 1.19 bits per heavy atom. The maximum absolute atomic E-state index is 12.8. The summed E-state index contributed by atoms with van der Waals surface area (Å²) in [6.45, 7) is 1.05. The molecular weight excluding hydrogens is 352 g/mol. The normalized spacial score (nSPS) is 10.7. The first-order chi connectivity index (χ1) is 13.1. The highest BCUT2D eigenvalue weighted by Gasteiger charge is 2.21. The molecule has 0 aliphatic carbocycles. The molecule has 0 spiro atoms. The first-order valence-electron chi connectivity index (χ1n) is 8.23. The number of rotatable bonds is 8. The molecule has 1 amide bonds. The van der Waals surface area contributed by atoms with Crippen LogP contribution in [-0.4, -0.2) is 36.0 Å². The van der Waals surface area contributed by atoms with Crippen molar-refractivity contribution >= 4 is 11.6 Å². The minimum absolute atomic E-state index is 0.00852. The van der Waals surface area contributed by atoms with Gasteiger partial charge in [0.05, 0.1) is 24.3 Å². The summed E-state index contributed by atoms with van der Waals surface area (Å²) in [4.78, 5) is 24.7. The van der Waals surface area contributed by atoms with Gasteiger partial charge in [0.2, 0.25) is 0 Å². The molecule has 8 nitrogen and oxygen atoms in total. The van der Waals surface area contributed by atoms with E-state index in [1.165, 1.54) is 12.1 Å². The zero-order valence-electron chi connectivity index (χ0n) is 14.7. The van der Waals surface area contributed by atoms with E-state index in [0.29, 0.717) is 36.8 Å². The minimum Gasteiger partial charge on any atom is -0.467 e. The van der Waals surface area contributed by atoms with E-state index in [9.17, 15) is 14.9 Å². The second kappa shape index (κ2) is 8.33. The van der Waals surface area contributed by atoms with E-state index in [1.54, 1.807) is 54.7 Å². The Kier molecular flexibility index (Phi) is 5.68. The third-order valence-electron chi connectivity index (χ3n) is 3.96. The topological polar surface area (TPSA) is 99.0 Å². The number of nitro benzene ring substituents is 1. The number of hydrogen-bond acceptors (Lipinski definition) is 6. The fraction of sp³-hybridized carbons (Fsp3) is 0.211. The van der Waals surface area contributed by atoms with Crippen LogP contribution in [0.5, 0.6) is 0 Å². The summed E-state index contributed by atoms with van der Waals surface area (Å²) in [6.07, 6.45) is 1.55. The van der Waals surface area contributed by atoms with Crippen LogP contribution < -0.4 is 0 Å². The van der Waals surface area contributed by atoms with Gasteiger partial charge in [-0.1, -0.05) is 0 Å². The average molecular weight is 370 g/mol. The van der Waals surface area contributed by atoms with Crippen molar-refractivity contribution in [3.63, 3.8) is 0 Å². The number of carbonyl (C=O) groups is 1. The lowest BCUT2D eigenvalue weighted by atomic mass is 10.1. The van der Waals surface area contributed by atoms with Crippen LogP contribution in [0.4, 0.5) is 5.69 Å². The Bertz CT molecular complexity index is 899. The smallest absolute Gasteiger partial charge is 0.290 e. The van der Waals surface area contributed by atoms with Crippen LogP contribution in [0.1, 0.15) is 16.3 Å². The molecule has 3 rings (SSSR count). The third-order valence-corrected chi connectivity index (χ3v) is 3.96. The number of methoxy groups -OCH3 is 1. The van der Waals surface area contributed by atoms with Gasteiger partial charge in [0.1, 0.15) is 11.5 Å². The van der Waals surface area contributed by atoms with Gasteiger partial charge in [-0.3, -0.25) is 14.9 Å². The molecule has 0 fully saturated rings. The van der Waals surface area contributed by atoms with E-state index >= 15 is 0 Å². The third kappa shape index (κ3) is 4.42. The quantitative estimate of drug-likeness (QED) is 0.442. The number of hydrogen-bond donors (Lipinski definition) is 0. The van der Waals surface area contributed by atoms with Crippen molar-refractivity contribution in [2.75, 3.05) is 20.3 Å². The van der Waals surface area contributed by atoms with Crippen molar-refractivity contribution in [2.24, 2.45) is 0 Å². The van der Waals surface area contributed by atoms with Gasteiger partial charge in [-0.2, -0.15) is 0 Å². The maximum atomic E-state index is 12.8.